The molecule has 2 N–H and O–H groups in total. The first-order chi connectivity index (χ1) is 12.1. The van der Waals surface area contributed by atoms with Gasteiger partial charge in [-0.25, -0.2) is 4.99 Å². The van der Waals surface area contributed by atoms with Gasteiger partial charge in [-0.05, 0) is 44.9 Å². The fourth-order valence-electron chi connectivity index (χ4n) is 2.07. The number of hydrogen-bond donors (Lipinski definition) is 2. The topological polar surface area (TPSA) is 54.9 Å². The standard InChI is InChI=1S/C17H26BrF2N3O2.HI/c1-3-21-17(22-9-5-6-10-24-4-2)23-12-13-11-14(18)7-8-15(13)25-16(19)20;/h7-8,11,16H,3-6,9-10,12H2,1-2H3,(H2,21,22,23);1H. The van der Waals surface area contributed by atoms with Gasteiger partial charge in [0.25, 0.3) is 0 Å². The molecule has 0 saturated heterocycles. The molecule has 0 amide bonds. The van der Waals surface area contributed by atoms with Gasteiger partial charge >= 0.3 is 6.61 Å². The number of rotatable bonds is 11. The highest BCUT2D eigenvalue weighted by molar-refractivity contribution is 14.0. The summed E-state index contributed by atoms with van der Waals surface area (Å²) in [5.74, 6) is 0.774. The predicted octanol–water partition coefficient (Wildman–Crippen LogP) is 4.54. The molecule has 0 aliphatic rings. The van der Waals surface area contributed by atoms with Crippen molar-refractivity contribution in [2.45, 2.75) is 39.8 Å². The Morgan fingerprint density at radius 1 is 1.23 bits per heavy atom. The van der Waals surface area contributed by atoms with E-state index < -0.39 is 6.61 Å². The van der Waals surface area contributed by atoms with Crippen LogP contribution in [0.1, 0.15) is 32.3 Å². The molecule has 1 rings (SSSR count). The van der Waals surface area contributed by atoms with Crippen LogP contribution in [0.5, 0.6) is 5.75 Å². The molecule has 0 bridgehead atoms. The van der Waals surface area contributed by atoms with Crippen LogP contribution in [0, 0.1) is 0 Å². The number of ether oxygens (including phenoxy) is 2. The summed E-state index contributed by atoms with van der Waals surface area (Å²) in [6.45, 7) is 4.27. The second kappa shape index (κ2) is 15.4. The van der Waals surface area contributed by atoms with Crippen molar-refractivity contribution in [1.29, 1.82) is 0 Å². The van der Waals surface area contributed by atoms with Crippen molar-refractivity contribution in [2.24, 2.45) is 4.99 Å². The molecular formula is C17H27BrF2IN3O2. The van der Waals surface area contributed by atoms with Gasteiger partial charge in [0.2, 0.25) is 0 Å². The lowest BCUT2D eigenvalue weighted by molar-refractivity contribution is -0.0504. The maximum absolute atomic E-state index is 12.5. The summed E-state index contributed by atoms with van der Waals surface area (Å²) in [5, 5.41) is 6.36. The second-order valence-corrected chi connectivity index (χ2v) is 6.07. The van der Waals surface area contributed by atoms with Crippen LogP contribution in [0.2, 0.25) is 0 Å². The first kappa shape index (κ1) is 25.3. The number of nitrogens with one attached hydrogen (secondary N) is 2. The van der Waals surface area contributed by atoms with Crippen molar-refractivity contribution in [3.8, 4) is 5.75 Å². The Kier molecular flexibility index (Phi) is 15.0. The van der Waals surface area contributed by atoms with Crippen LogP contribution < -0.4 is 15.4 Å². The van der Waals surface area contributed by atoms with Gasteiger partial charge in [-0.2, -0.15) is 8.78 Å². The van der Waals surface area contributed by atoms with E-state index in [1.54, 1.807) is 12.1 Å². The van der Waals surface area contributed by atoms with Crippen LogP contribution in [0.25, 0.3) is 0 Å². The Labute approximate surface area is 179 Å². The zero-order valence-electron chi connectivity index (χ0n) is 15.1. The maximum Gasteiger partial charge on any atom is 0.387 e. The Balaban J connectivity index is 0.00000625. The Bertz CT molecular complexity index is 537. The quantitative estimate of drug-likeness (QED) is 0.184. The molecule has 0 heterocycles. The number of hydrogen-bond acceptors (Lipinski definition) is 3. The van der Waals surface area contributed by atoms with Crippen molar-refractivity contribution in [3.05, 3.63) is 28.2 Å². The lowest BCUT2D eigenvalue weighted by Crippen LogP contribution is -2.37. The molecule has 1 aromatic carbocycles. The van der Waals surface area contributed by atoms with E-state index in [4.69, 9.17) is 4.74 Å². The molecule has 0 radical (unpaired) electrons. The molecule has 26 heavy (non-hydrogen) atoms. The normalized spacial score (nSPS) is 11.2. The minimum atomic E-state index is -2.86. The van der Waals surface area contributed by atoms with Crippen molar-refractivity contribution >= 4 is 45.9 Å². The number of benzene rings is 1. The molecule has 5 nitrogen and oxygen atoms in total. The average molecular weight is 550 g/mol. The van der Waals surface area contributed by atoms with Gasteiger partial charge in [-0.3, -0.25) is 0 Å². The molecule has 0 aliphatic carbocycles. The smallest absolute Gasteiger partial charge is 0.387 e. The lowest BCUT2D eigenvalue weighted by atomic mass is 10.2. The third-order valence-electron chi connectivity index (χ3n) is 3.20. The minimum absolute atomic E-state index is 0. The van der Waals surface area contributed by atoms with Gasteiger partial charge in [0.05, 0.1) is 6.54 Å². The minimum Gasteiger partial charge on any atom is -0.434 e. The zero-order valence-corrected chi connectivity index (χ0v) is 19.0. The molecule has 0 aliphatic heterocycles. The maximum atomic E-state index is 12.5. The molecule has 0 saturated carbocycles. The first-order valence-corrected chi connectivity index (χ1v) is 9.19. The number of guanidine groups is 1. The van der Waals surface area contributed by atoms with Crippen molar-refractivity contribution in [2.75, 3.05) is 26.3 Å². The largest absolute Gasteiger partial charge is 0.434 e. The molecule has 9 heteroatoms. The second-order valence-electron chi connectivity index (χ2n) is 5.16. The van der Waals surface area contributed by atoms with E-state index in [9.17, 15) is 8.78 Å². The predicted molar refractivity (Wildman–Crippen MR) is 115 cm³/mol. The summed E-state index contributed by atoms with van der Waals surface area (Å²) >= 11 is 3.34. The van der Waals surface area contributed by atoms with Gasteiger partial charge in [0, 0.05) is 36.3 Å². The van der Waals surface area contributed by atoms with E-state index in [0.29, 0.717) is 18.1 Å². The highest BCUT2D eigenvalue weighted by atomic mass is 127. The molecular weight excluding hydrogens is 523 g/mol. The third kappa shape index (κ3) is 11.1. The van der Waals surface area contributed by atoms with E-state index in [-0.39, 0.29) is 36.3 Å². The summed E-state index contributed by atoms with van der Waals surface area (Å²) in [6.07, 6.45) is 1.93. The fourth-order valence-corrected chi connectivity index (χ4v) is 2.48. The molecule has 0 atom stereocenters. The van der Waals surface area contributed by atoms with Crippen molar-refractivity contribution in [3.63, 3.8) is 0 Å². The monoisotopic (exact) mass is 549 g/mol. The van der Waals surface area contributed by atoms with E-state index in [1.165, 1.54) is 6.07 Å². The van der Waals surface area contributed by atoms with Crippen molar-refractivity contribution in [1.82, 2.24) is 10.6 Å². The third-order valence-corrected chi connectivity index (χ3v) is 3.70. The number of halogens is 4. The SMILES string of the molecule is CCNC(=NCc1cc(Br)ccc1OC(F)F)NCCCCOCC.I. The van der Waals surface area contributed by atoms with Gasteiger partial charge in [0.15, 0.2) is 5.96 Å². The van der Waals surface area contributed by atoms with Crippen molar-refractivity contribution < 1.29 is 18.3 Å². The van der Waals surface area contributed by atoms with E-state index in [0.717, 1.165) is 37.1 Å². The average Bonchev–Trinajstić information content (AvgIpc) is 2.57. The molecule has 1 aromatic rings. The summed E-state index contributed by atoms with van der Waals surface area (Å²) in [5.41, 5.74) is 0.586. The fraction of sp³-hybridized carbons (Fsp3) is 0.588. The van der Waals surface area contributed by atoms with Gasteiger partial charge in [0.1, 0.15) is 5.75 Å². The molecule has 0 unspecified atom stereocenters. The van der Waals surface area contributed by atoms with E-state index >= 15 is 0 Å². The van der Waals surface area contributed by atoms with Crippen LogP contribution in [0.15, 0.2) is 27.7 Å². The highest BCUT2D eigenvalue weighted by Gasteiger charge is 2.10. The lowest BCUT2D eigenvalue weighted by Gasteiger charge is -2.13. The first-order valence-electron chi connectivity index (χ1n) is 8.40. The van der Waals surface area contributed by atoms with Gasteiger partial charge in [-0.15, -0.1) is 24.0 Å². The molecule has 0 fully saturated rings. The van der Waals surface area contributed by atoms with Gasteiger partial charge < -0.3 is 20.1 Å². The van der Waals surface area contributed by atoms with E-state index in [2.05, 4.69) is 36.3 Å². The number of nitrogens with zero attached hydrogens (tertiary/aromatic N) is 1. The van der Waals surface area contributed by atoms with Gasteiger partial charge in [-0.1, -0.05) is 15.9 Å². The summed E-state index contributed by atoms with van der Waals surface area (Å²) in [7, 11) is 0. The summed E-state index contributed by atoms with van der Waals surface area (Å²) in [6, 6.07) is 4.90. The number of alkyl halides is 2. The molecule has 150 valence electrons. The summed E-state index contributed by atoms with van der Waals surface area (Å²) < 4.78 is 35.7. The van der Waals surface area contributed by atoms with Crippen LogP contribution in [0.4, 0.5) is 8.78 Å². The Morgan fingerprint density at radius 2 is 2.00 bits per heavy atom. The Hall–Kier alpha value is -0.680. The zero-order chi connectivity index (χ0) is 18.5. The highest BCUT2D eigenvalue weighted by Crippen LogP contribution is 2.25. The number of unbranched alkanes of at least 4 members (excludes halogenated alkanes) is 1. The number of aliphatic imine (C=N–C) groups is 1. The Morgan fingerprint density at radius 3 is 2.65 bits per heavy atom. The molecule has 0 spiro atoms. The molecule has 0 aromatic heterocycles. The van der Waals surface area contributed by atoms with Crippen LogP contribution >= 0.6 is 39.9 Å². The van der Waals surface area contributed by atoms with Crippen LogP contribution in [0.3, 0.4) is 0 Å². The van der Waals surface area contributed by atoms with E-state index in [1.807, 2.05) is 13.8 Å². The van der Waals surface area contributed by atoms with Crippen LogP contribution in [-0.4, -0.2) is 38.9 Å². The summed E-state index contributed by atoms with van der Waals surface area (Å²) in [4.78, 5) is 4.44. The van der Waals surface area contributed by atoms with Crippen LogP contribution in [-0.2, 0) is 11.3 Å².